The van der Waals surface area contributed by atoms with E-state index in [4.69, 9.17) is 5.11 Å². The number of aliphatic carboxylic acids is 1. The summed E-state index contributed by atoms with van der Waals surface area (Å²) in [6.45, 7) is 1.29. The molecule has 92 valence electrons. The molecule has 2 amide bonds. The Bertz CT molecular complexity index is 392. The number of aliphatic hydroxyl groups is 1. The molecule has 0 saturated carbocycles. The van der Waals surface area contributed by atoms with Crippen LogP contribution in [-0.2, 0) is 4.79 Å². The molecule has 0 aromatic heterocycles. The third-order valence-electron chi connectivity index (χ3n) is 2.07. The number of carboxylic acids is 1. The van der Waals surface area contributed by atoms with Gasteiger partial charge >= 0.3 is 12.0 Å². The second-order valence-corrected chi connectivity index (χ2v) is 3.52. The number of aliphatic hydroxyl groups excluding tert-OH is 1. The van der Waals surface area contributed by atoms with Gasteiger partial charge in [-0.15, -0.1) is 0 Å². The van der Waals surface area contributed by atoms with Crippen molar-refractivity contribution in [2.24, 2.45) is 0 Å². The van der Waals surface area contributed by atoms with Gasteiger partial charge in [0, 0.05) is 5.69 Å². The Balaban J connectivity index is 2.57. The Morgan fingerprint density at radius 2 is 1.82 bits per heavy atom. The first-order valence-corrected chi connectivity index (χ1v) is 5.04. The lowest BCUT2D eigenvalue weighted by Crippen LogP contribution is -2.49. The molecule has 1 aromatic carbocycles. The van der Waals surface area contributed by atoms with Gasteiger partial charge in [0.05, 0.1) is 6.10 Å². The summed E-state index contributed by atoms with van der Waals surface area (Å²) in [5, 5.41) is 22.6. The molecule has 0 aliphatic heterocycles. The molecule has 6 heteroatoms. The average molecular weight is 238 g/mol. The van der Waals surface area contributed by atoms with Crippen molar-refractivity contribution >= 4 is 17.7 Å². The SMILES string of the molecule is C[C@@H](O)[C@H](NC(=O)Nc1ccccc1)C(=O)O. The molecule has 4 N–H and O–H groups in total. The maximum atomic E-state index is 11.4. The molecule has 0 unspecified atom stereocenters. The number of nitrogens with one attached hydrogen (secondary N) is 2. The second-order valence-electron chi connectivity index (χ2n) is 3.52. The monoisotopic (exact) mass is 238 g/mol. The lowest BCUT2D eigenvalue weighted by molar-refractivity contribution is -0.141. The molecule has 6 nitrogen and oxygen atoms in total. The predicted octanol–water partition coefficient (Wildman–Crippen LogP) is 0.642. The van der Waals surface area contributed by atoms with Gasteiger partial charge in [0.1, 0.15) is 0 Å². The van der Waals surface area contributed by atoms with Crippen molar-refractivity contribution in [2.75, 3.05) is 5.32 Å². The largest absolute Gasteiger partial charge is 0.480 e. The summed E-state index contributed by atoms with van der Waals surface area (Å²) in [7, 11) is 0. The average Bonchev–Trinajstić information content (AvgIpc) is 2.26. The fourth-order valence-electron chi connectivity index (χ4n) is 1.22. The highest BCUT2D eigenvalue weighted by atomic mass is 16.4. The Hall–Kier alpha value is -2.08. The van der Waals surface area contributed by atoms with Gasteiger partial charge in [0.15, 0.2) is 6.04 Å². The summed E-state index contributed by atoms with van der Waals surface area (Å²) in [4.78, 5) is 22.2. The summed E-state index contributed by atoms with van der Waals surface area (Å²) in [6, 6.07) is 6.58. The Morgan fingerprint density at radius 3 is 2.29 bits per heavy atom. The highest BCUT2D eigenvalue weighted by molar-refractivity contribution is 5.92. The van der Waals surface area contributed by atoms with E-state index >= 15 is 0 Å². The number of hydrogen-bond donors (Lipinski definition) is 4. The molecule has 1 rings (SSSR count). The van der Waals surface area contributed by atoms with Crippen LogP contribution < -0.4 is 10.6 Å². The van der Waals surface area contributed by atoms with Crippen LogP contribution in [0.25, 0.3) is 0 Å². The van der Waals surface area contributed by atoms with Gasteiger partial charge in [-0.25, -0.2) is 9.59 Å². The van der Waals surface area contributed by atoms with Crippen LogP contribution in [-0.4, -0.2) is 34.4 Å². The summed E-state index contributed by atoms with van der Waals surface area (Å²) in [5.74, 6) is -1.29. The van der Waals surface area contributed by atoms with Crippen LogP contribution in [0.15, 0.2) is 30.3 Å². The normalized spacial score (nSPS) is 13.5. The smallest absolute Gasteiger partial charge is 0.328 e. The molecular formula is C11H14N2O4. The molecule has 0 heterocycles. The number of amides is 2. The number of anilines is 1. The molecule has 0 fully saturated rings. The van der Waals surface area contributed by atoms with Crippen LogP contribution in [0.5, 0.6) is 0 Å². The van der Waals surface area contributed by atoms with E-state index in [1.165, 1.54) is 6.92 Å². The van der Waals surface area contributed by atoms with Gasteiger partial charge in [0.2, 0.25) is 0 Å². The van der Waals surface area contributed by atoms with Crippen LogP contribution in [0.1, 0.15) is 6.92 Å². The molecular weight excluding hydrogens is 224 g/mol. The van der Waals surface area contributed by atoms with Crippen LogP contribution in [0, 0.1) is 0 Å². The highest BCUT2D eigenvalue weighted by Gasteiger charge is 2.24. The number of carbonyl (C=O) groups is 2. The van der Waals surface area contributed by atoms with Gasteiger partial charge < -0.3 is 20.8 Å². The predicted molar refractivity (Wildman–Crippen MR) is 61.7 cm³/mol. The minimum Gasteiger partial charge on any atom is -0.480 e. The van der Waals surface area contributed by atoms with Gasteiger partial charge in [-0.3, -0.25) is 0 Å². The standard InChI is InChI=1S/C11H14N2O4/c1-7(14)9(10(15)16)13-11(17)12-8-5-3-2-4-6-8/h2-7,9,14H,1H3,(H,15,16)(H2,12,13,17)/t7-,9+/m1/s1. The van der Waals surface area contributed by atoms with E-state index in [0.717, 1.165) is 0 Å². The zero-order valence-corrected chi connectivity index (χ0v) is 9.25. The quantitative estimate of drug-likeness (QED) is 0.618. The third-order valence-corrected chi connectivity index (χ3v) is 2.07. The number of carboxylic acid groups (broad SMARTS) is 1. The Morgan fingerprint density at radius 1 is 1.24 bits per heavy atom. The van der Waals surface area contributed by atoms with E-state index in [1.807, 2.05) is 0 Å². The molecule has 17 heavy (non-hydrogen) atoms. The molecule has 0 bridgehead atoms. The van der Waals surface area contributed by atoms with E-state index in [2.05, 4.69) is 10.6 Å². The maximum Gasteiger partial charge on any atom is 0.328 e. The van der Waals surface area contributed by atoms with Gasteiger partial charge in [0.25, 0.3) is 0 Å². The van der Waals surface area contributed by atoms with Crippen molar-refractivity contribution in [3.8, 4) is 0 Å². The summed E-state index contributed by atoms with van der Waals surface area (Å²) >= 11 is 0. The summed E-state index contributed by atoms with van der Waals surface area (Å²) in [5.41, 5.74) is 0.541. The van der Waals surface area contributed by atoms with Gasteiger partial charge in [-0.1, -0.05) is 18.2 Å². The van der Waals surface area contributed by atoms with Crippen LogP contribution >= 0.6 is 0 Å². The fraction of sp³-hybridized carbons (Fsp3) is 0.273. The molecule has 0 radical (unpaired) electrons. The maximum absolute atomic E-state index is 11.4. The van der Waals surface area contributed by atoms with Gasteiger partial charge in [-0.05, 0) is 19.1 Å². The van der Waals surface area contributed by atoms with Crippen molar-refractivity contribution in [2.45, 2.75) is 19.1 Å². The first kappa shape index (κ1) is 13.0. The number of rotatable bonds is 4. The lowest BCUT2D eigenvalue weighted by Gasteiger charge is -2.17. The number of carbonyl (C=O) groups excluding carboxylic acids is 1. The highest BCUT2D eigenvalue weighted by Crippen LogP contribution is 2.04. The third kappa shape index (κ3) is 4.12. The minimum atomic E-state index is -1.33. The van der Waals surface area contributed by atoms with Crippen molar-refractivity contribution in [1.82, 2.24) is 5.32 Å². The molecule has 0 aliphatic carbocycles. The molecule has 0 spiro atoms. The first-order chi connectivity index (χ1) is 8.00. The summed E-state index contributed by atoms with van der Waals surface area (Å²) < 4.78 is 0. The molecule has 1 aromatic rings. The minimum absolute atomic E-state index is 0.541. The van der Waals surface area contributed by atoms with E-state index in [1.54, 1.807) is 30.3 Å². The molecule has 0 aliphatic rings. The first-order valence-electron chi connectivity index (χ1n) is 5.04. The van der Waals surface area contributed by atoms with Gasteiger partial charge in [-0.2, -0.15) is 0 Å². The van der Waals surface area contributed by atoms with Crippen molar-refractivity contribution < 1.29 is 19.8 Å². The zero-order valence-electron chi connectivity index (χ0n) is 9.25. The topological polar surface area (TPSA) is 98.7 Å². The number of hydrogen-bond acceptors (Lipinski definition) is 3. The van der Waals surface area contributed by atoms with Crippen molar-refractivity contribution in [3.63, 3.8) is 0 Å². The Labute approximate surface area is 98.3 Å². The van der Waals surface area contributed by atoms with Crippen LogP contribution in [0.3, 0.4) is 0 Å². The van der Waals surface area contributed by atoms with E-state index in [9.17, 15) is 14.7 Å². The zero-order chi connectivity index (χ0) is 12.8. The van der Waals surface area contributed by atoms with Crippen LogP contribution in [0.4, 0.5) is 10.5 Å². The number of para-hydroxylation sites is 1. The lowest BCUT2D eigenvalue weighted by atomic mass is 10.2. The van der Waals surface area contributed by atoms with Crippen molar-refractivity contribution in [3.05, 3.63) is 30.3 Å². The number of benzene rings is 1. The molecule has 2 atom stereocenters. The fourth-order valence-corrected chi connectivity index (χ4v) is 1.22. The van der Waals surface area contributed by atoms with Crippen molar-refractivity contribution in [1.29, 1.82) is 0 Å². The van der Waals surface area contributed by atoms with E-state index in [-0.39, 0.29) is 0 Å². The van der Waals surface area contributed by atoms with E-state index in [0.29, 0.717) is 5.69 Å². The molecule has 0 saturated heterocycles. The van der Waals surface area contributed by atoms with E-state index < -0.39 is 24.1 Å². The number of urea groups is 1. The van der Waals surface area contributed by atoms with Crippen LogP contribution in [0.2, 0.25) is 0 Å². The summed E-state index contributed by atoms with van der Waals surface area (Å²) in [6.07, 6.45) is -1.17. The second kappa shape index (κ2) is 5.86. The Kier molecular flexibility index (Phi) is 4.47.